The predicted octanol–water partition coefficient (Wildman–Crippen LogP) is 3.36. The van der Waals surface area contributed by atoms with E-state index >= 15 is 0 Å². The Bertz CT molecular complexity index is 351. The number of rotatable bonds is 11. The second-order valence-corrected chi connectivity index (χ2v) is 6.51. The molecule has 0 saturated carbocycles. The van der Waals surface area contributed by atoms with Crippen LogP contribution in [0, 0.1) is 5.92 Å². The molecule has 1 aliphatic heterocycles. The Balaban J connectivity index is 2.13. The van der Waals surface area contributed by atoms with E-state index in [9.17, 15) is 18.0 Å². The van der Waals surface area contributed by atoms with Crippen molar-refractivity contribution in [1.29, 1.82) is 0 Å². The van der Waals surface area contributed by atoms with E-state index < -0.39 is 12.8 Å². The number of hydrogen-bond acceptors (Lipinski definition) is 3. The van der Waals surface area contributed by atoms with Crippen molar-refractivity contribution < 1.29 is 22.7 Å². The van der Waals surface area contributed by atoms with Gasteiger partial charge in [-0.1, -0.05) is 26.2 Å². The molecule has 1 heterocycles. The Morgan fingerprint density at radius 3 is 2.75 bits per heavy atom. The number of nitrogens with one attached hydrogen (secondary N) is 1. The second kappa shape index (κ2) is 11.7. The summed E-state index contributed by atoms with van der Waals surface area (Å²) in [5.74, 6) is 0.116. The fourth-order valence-corrected chi connectivity index (χ4v) is 2.96. The summed E-state index contributed by atoms with van der Waals surface area (Å²) in [6.07, 6.45) is 2.69. The van der Waals surface area contributed by atoms with Crippen molar-refractivity contribution in [2.75, 3.05) is 39.4 Å². The first kappa shape index (κ1) is 21.2. The molecule has 24 heavy (non-hydrogen) atoms. The van der Waals surface area contributed by atoms with Gasteiger partial charge in [0.1, 0.15) is 6.61 Å². The van der Waals surface area contributed by atoms with Crippen LogP contribution in [0.15, 0.2) is 0 Å². The molecule has 0 spiro atoms. The van der Waals surface area contributed by atoms with Crippen molar-refractivity contribution in [1.82, 2.24) is 10.2 Å². The lowest BCUT2D eigenvalue weighted by molar-refractivity contribution is -0.174. The van der Waals surface area contributed by atoms with Crippen molar-refractivity contribution in [3.8, 4) is 0 Å². The molecule has 1 saturated heterocycles. The molecule has 4 nitrogen and oxygen atoms in total. The first-order valence-electron chi connectivity index (χ1n) is 9.07. The topological polar surface area (TPSA) is 41.6 Å². The van der Waals surface area contributed by atoms with Gasteiger partial charge in [-0.15, -0.1) is 0 Å². The van der Waals surface area contributed by atoms with E-state index in [0.717, 1.165) is 38.8 Å². The lowest BCUT2D eigenvalue weighted by Crippen LogP contribution is -2.43. The van der Waals surface area contributed by atoms with Gasteiger partial charge in [-0.25, -0.2) is 0 Å². The molecule has 0 aliphatic carbocycles. The number of halogens is 3. The van der Waals surface area contributed by atoms with Crippen LogP contribution in [0.4, 0.5) is 13.2 Å². The molecule has 7 heteroatoms. The van der Waals surface area contributed by atoms with Crippen LogP contribution in [0.3, 0.4) is 0 Å². The molecule has 0 aromatic rings. The summed E-state index contributed by atoms with van der Waals surface area (Å²) in [4.78, 5) is 14.3. The number of piperidine rings is 1. The van der Waals surface area contributed by atoms with Crippen molar-refractivity contribution in [3.63, 3.8) is 0 Å². The quantitative estimate of drug-likeness (QED) is 0.580. The van der Waals surface area contributed by atoms with Crippen LogP contribution in [0.5, 0.6) is 0 Å². The molecule has 0 aromatic carbocycles. The van der Waals surface area contributed by atoms with Gasteiger partial charge in [0.25, 0.3) is 0 Å². The van der Waals surface area contributed by atoms with Gasteiger partial charge in [-0.2, -0.15) is 13.2 Å². The van der Waals surface area contributed by atoms with E-state index in [1.807, 2.05) is 0 Å². The van der Waals surface area contributed by atoms with E-state index in [2.05, 4.69) is 21.9 Å². The summed E-state index contributed by atoms with van der Waals surface area (Å²) in [5, 5.41) is 3.01. The van der Waals surface area contributed by atoms with Crippen molar-refractivity contribution in [3.05, 3.63) is 0 Å². The third kappa shape index (κ3) is 10.1. The van der Waals surface area contributed by atoms with Gasteiger partial charge >= 0.3 is 6.18 Å². The number of likely N-dealkylation sites (tertiary alicyclic amines) is 1. The summed E-state index contributed by atoms with van der Waals surface area (Å²) in [6.45, 7) is 4.09. The standard InChI is InChI=1S/C17H31F3N2O2/c1-2-3-4-5-9-21-16(23)15-8-6-10-22(13-15)11-7-12-24-14-17(18,19)20/h15H,2-14H2,1H3,(H,21,23). The van der Waals surface area contributed by atoms with E-state index in [-0.39, 0.29) is 18.4 Å². The molecule has 1 aliphatic rings. The Kier molecular flexibility index (Phi) is 10.3. The van der Waals surface area contributed by atoms with E-state index in [1.165, 1.54) is 12.8 Å². The molecule has 0 aromatic heterocycles. The maximum Gasteiger partial charge on any atom is 0.411 e. The summed E-state index contributed by atoms with van der Waals surface area (Å²) in [5.41, 5.74) is 0. The fraction of sp³-hybridized carbons (Fsp3) is 0.941. The van der Waals surface area contributed by atoms with Gasteiger partial charge in [0.15, 0.2) is 0 Å². The van der Waals surface area contributed by atoms with Crippen LogP contribution in [0.2, 0.25) is 0 Å². The fourth-order valence-electron chi connectivity index (χ4n) is 2.96. The van der Waals surface area contributed by atoms with Gasteiger partial charge in [-0.05, 0) is 32.2 Å². The number of carbonyl (C=O) groups excluding carboxylic acids is 1. The van der Waals surface area contributed by atoms with E-state index in [1.54, 1.807) is 0 Å². The minimum absolute atomic E-state index is 0.000943. The Labute approximate surface area is 143 Å². The number of amides is 1. The minimum Gasteiger partial charge on any atom is -0.372 e. The molecular formula is C17H31F3N2O2. The van der Waals surface area contributed by atoms with Crippen LogP contribution >= 0.6 is 0 Å². The molecule has 142 valence electrons. The highest BCUT2D eigenvalue weighted by Gasteiger charge is 2.27. The summed E-state index contributed by atoms with van der Waals surface area (Å²) in [6, 6.07) is 0. The average Bonchev–Trinajstić information content (AvgIpc) is 2.53. The van der Waals surface area contributed by atoms with Gasteiger partial charge in [-0.3, -0.25) is 4.79 Å². The molecule has 0 radical (unpaired) electrons. The SMILES string of the molecule is CCCCCCNC(=O)C1CCCN(CCCOCC(F)(F)F)C1. The van der Waals surface area contributed by atoms with Crippen LogP contribution in [0.25, 0.3) is 0 Å². The maximum absolute atomic E-state index is 12.2. The molecule has 1 fully saturated rings. The number of carbonyl (C=O) groups is 1. The monoisotopic (exact) mass is 352 g/mol. The van der Waals surface area contributed by atoms with Crippen LogP contribution < -0.4 is 5.32 Å². The first-order chi connectivity index (χ1) is 11.4. The Morgan fingerprint density at radius 1 is 1.25 bits per heavy atom. The maximum atomic E-state index is 12.2. The molecular weight excluding hydrogens is 321 g/mol. The van der Waals surface area contributed by atoms with E-state index in [0.29, 0.717) is 19.5 Å². The van der Waals surface area contributed by atoms with E-state index in [4.69, 9.17) is 0 Å². The highest BCUT2D eigenvalue weighted by Crippen LogP contribution is 2.17. The van der Waals surface area contributed by atoms with Crippen LogP contribution in [-0.4, -0.2) is 56.4 Å². The first-order valence-corrected chi connectivity index (χ1v) is 9.07. The zero-order chi connectivity index (χ0) is 17.8. The number of alkyl halides is 3. The van der Waals surface area contributed by atoms with Crippen LogP contribution in [-0.2, 0) is 9.53 Å². The Hall–Kier alpha value is -0.820. The molecule has 1 unspecified atom stereocenters. The zero-order valence-corrected chi connectivity index (χ0v) is 14.7. The number of ether oxygens (including phenoxy) is 1. The van der Waals surface area contributed by atoms with Gasteiger partial charge < -0.3 is 15.0 Å². The molecule has 1 rings (SSSR count). The predicted molar refractivity (Wildman–Crippen MR) is 87.8 cm³/mol. The lowest BCUT2D eigenvalue weighted by Gasteiger charge is -2.32. The number of hydrogen-bond donors (Lipinski definition) is 1. The molecule has 1 atom stereocenters. The van der Waals surface area contributed by atoms with Crippen molar-refractivity contribution >= 4 is 5.91 Å². The normalized spacial score (nSPS) is 19.4. The zero-order valence-electron chi connectivity index (χ0n) is 14.7. The lowest BCUT2D eigenvalue weighted by atomic mass is 9.97. The minimum atomic E-state index is -4.26. The summed E-state index contributed by atoms with van der Waals surface area (Å²) >= 11 is 0. The third-order valence-electron chi connectivity index (χ3n) is 4.23. The highest BCUT2D eigenvalue weighted by atomic mass is 19.4. The second-order valence-electron chi connectivity index (χ2n) is 6.51. The van der Waals surface area contributed by atoms with Gasteiger partial charge in [0.2, 0.25) is 5.91 Å². The Morgan fingerprint density at radius 2 is 2.04 bits per heavy atom. The van der Waals surface area contributed by atoms with Gasteiger partial charge in [0.05, 0.1) is 5.92 Å². The largest absolute Gasteiger partial charge is 0.411 e. The molecule has 0 bridgehead atoms. The summed E-state index contributed by atoms with van der Waals surface area (Å²) in [7, 11) is 0. The smallest absolute Gasteiger partial charge is 0.372 e. The van der Waals surface area contributed by atoms with Crippen LogP contribution in [0.1, 0.15) is 51.9 Å². The van der Waals surface area contributed by atoms with Gasteiger partial charge in [0, 0.05) is 26.2 Å². The highest BCUT2D eigenvalue weighted by molar-refractivity contribution is 5.78. The molecule has 1 N–H and O–H groups in total. The number of unbranched alkanes of at least 4 members (excludes halogenated alkanes) is 3. The number of nitrogens with zero attached hydrogens (tertiary/aromatic N) is 1. The van der Waals surface area contributed by atoms with Crippen molar-refractivity contribution in [2.45, 2.75) is 58.0 Å². The summed E-state index contributed by atoms with van der Waals surface area (Å²) < 4.78 is 40.5. The van der Waals surface area contributed by atoms with Crippen molar-refractivity contribution in [2.24, 2.45) is 5.92 Å². The molecule has 1 amide bonds. The third-order valence-corrected chi connectivity index (χ3v) is 4.23. The average molecular weight is 352 g/mol.